The van der Waals surface area contributed by atoms with E-state index in [1.165, 1.54) is 78.6 Å². The molecule has 0 amide bonds. The molecule has 0 spiro atoms. The minimum absolute atomic E-state index is 1.15. The highest BCUT2D eigenvalue weighted by Crippen LogP contribution is 2.47. The van der Waals surface area contributed by atoms with Crippen LogP contribution in [0.4, 0.5) is 17.1 Å². The zero-order chi connectivity index (χ0) is 32.8. The van der Waals surface area contributed by atoms with Crippen LogP contribution in [0.5, 0.6) is 0 Å². The van der Waals surface area contributed by atoms with Gasteiger partial charge < -0.3 is 9.47 Å². The number of rotatable bonds is 4. The average Bonchev–Trinajstić information content (AvgIpc) is 3.83. The number of aromatic nitrogens is 1. The van der Waals surface area contributed by atoms with E-state index in [0.29, 0.717) is 0 Å². The number of nitrogens with zero attached hydrogens (tertiary/aromatic N) is 2. The highest BCUT2D eigenvalue weighted by atomic mass is 32.1. The summed E-state index contributed by atoms with van der Waals surface area (Å²) in [5, 5.41) is 10.3. The fourth-order valence-corrected chi connectivity index (χ4v) is 10.2. The topological polar surface area (TPSA) is 8.17 Å². The van der Waals surface area contributed by atoms with E-state index in [4.69, 9.17) is 0 Å². The molecule has 50 heavy (non-hydrogen) atoms. The lowest BCUT2D eigenvalue weighted by atomic mass is 10.0. The second kappa shape index (κ2) is 10.8. The number of fused-ring (bicyclic) bond motifs is 10. The van der Waals surface area contributed by atoms with Gasteiger partial charge in [-0.2, -0.15) is 0 Å². The molecule has 234 valence electrons. The standard InChI is InChI=1S/C46H28N2S2/c1-2-13-31(14-3-1)48-39-17-8-6-16-36(39)46-40(18-10-19-41(46)48)47(32-22-24-43-38(27-32)34-15-7-9-20-42(34)49-43)33-21-23-35-37-25-29-11-4-5-12-30(29)26-44(37)50-45(35)28-33/h1-28H. The smallest absolute Gasteiger partial charge is 0.0562 e. The zero-order valence-electron chi connectivity index (χ0n) is 26.9. The van der Waals surface area contributed by atoms with Gasteiger partial charge in [-0.3, -0.25) is 0 Å². The second-order valence-electron chi connectivity index (χ2n) is 13.0. The Morgan fingerprint density at radius 2 is 1.00 bits per heavy atom. The molecule has 0 aliphatic rings. The van der Waals surface area contributed by atoms with Crippen molar-refractivity contribution in [3.63, 3.8) is 0 Å². The van der Waals surface area contributed by atoms with Crippen LogP contribution in [-0.4, -0.2) is 4.57 Å². The van der Waals surface area contributed by atoms with Crippen LogP contribution < -0.4 is 4.90 Å². The van der Waals surface area contributed by atoms with Gasteiger partial charge >= 0.3 is 0 Å². The number of thiophene rings is 2. The minimum Gasteiger partial charge on any atom is -0.310 e. The lowest BCUT2D eigenvalue weighted by Gasteiger charge is -2.27. The fraction of sp³-hybridized carbons (Fsp3) is 0. The molecule has 3 heterocycles. The molecule has 11 aromatic rings. The van der Waals surface area contributed by atoms with Gasteiger partial charge in [-0.15, -0.1) is 22.7 Å². The van der Waals surface area contributed by atoms with Crippen molar-refractivity contribution in [1.29, 1.82) is 0 Å². The third kappa shape index (κ3) is 4.13. The van der Waals surface area contributed by atoms with Crippen LogP contribution in [0.2, 0.25) is 0 Å². The van der Waals surface area contributed by atoms with Crippen molar-refractivity contribution < 1.29 is 0 Å². The summed E-state index contributed by atoms with van der Waals surface area (Å²) in [6.07, 6.45) is 0. The van der Waals surface area contributed by atoms with Gasteiger partial charge in [-0.25, -0.2) is 0 Å². The summed E-state index contributed by atoms with van der Waals surface area (Å²) in [5.74, 6) is 0. The molecule has 0 N–H and O–H groups in total. The first-order valence-electron chi connectivity index (χ1n) is 16.9. The first-order chi connectivity index (χ1) is 24.8. The Morgan fingerprint density at radius 1 is 0.380 bits per heavy atom. The molecular weight excluding hydrogens is 645 g/mol. The molecule has 0 atom stereocenters. The molecule has 0 bridgehead atoms. The summed E-state index contributed by atoms with van der Waals surface area (Å²) < 4.78 is 7.64. The predicted molar refractivity (Wildman–Crippen MR) is 219 cm³/mol. The largest absolute Gasteiger partial charge is 0.310 e. The van der Waals surface area contributed by atoms with Gasteiger partial charge in [0.05, 0.1) is 16.7 Å². The van der Waals surface area contributed by atoms with Crippen molar-refractivity contribution in [1.82, 2.24) is 4.57 Å². The molecule has 0 fully saturated rings. The number of hydrogen-bond donors (Lipinski definition) is 0. The molecule has 0 saturated carbocycles. The van der Waals surface area contributed by atoms with E-state index in [1.807, 2.05) is 22.7 Å². The molecule has 11 rings (SSSR count). The number of para-hydroxylation sites is 2. The lowest BCUT2D eigenvalue weighted by Crippen LogP contribution is -2.10. The highest BCUT2D eigenvalue weighted by Gasteiger charge is 2.22. The Morgan fingerprint density at radius 3 is 1.90 bits per heavy atom. The minimum atomic E-state index is 1.15. The van der Waals surface area contributed by atoms with E-state index in [0.717, 1.165) is 17.1 Å². The van der Waals surface area contributed by atoms with Crippen LogP contribution in [-0.2, 0) is 0 Å². The van der Waals surface area contributed by atoms with E-state index < -0.39 is 0 Å². The van der Waals surface area contributed by atoms with Crippen LogP contribution in [0.3, 0.4) is 0 Å². The van der Waals surface area contributed by atoms with Crippen LogP contribution in [0, 0.1) is 0 Å². The molecule has 0 unspecified atom stereocenters. The monoisotopic (exact) mass is 672 g/mol. The highest BCUT2D eigenvalue weighted by molar-refractivity contribution is 7.26. The first-order valence-corrected chi connectivity index (χ1v) is 18.6. The normalized spacial score (nSPS) is 12.0. The maximum Gasteiger partial charge on any atom is 0.0562 e. The van der Waals surface area contributed by atoms with E-state index in [2.05, 4.69) is 179 Å². The predicted octanol–water partition coefficient (Wildman–Crippen LogP) is 14.1. The van der Waals surface area contributed by atoms with Crippen LogP contribution in [0.15, 0.2) is 170 Å². The summed E-state index contributed by atoms with van der Waals surface area (Å²) in [6, 6.07) is 62.5. The lowest BCUT2D eigenvalue weighted by molar-refractivity contribution is 1.18. The van der Waals surface area contributed by atoms with E-state index in [-0.39, 0.29) is 0 Å². The van der Waals surface area contributed by atoms with Crippen LogP contribution in [0.25, 0.3) is 78.6 Å². The van der Waals surface area contributed by atoms with Gasteiger partial charge in [-0.05, 0) is 89.6 Å². The summed E-state index contributed by atoms with van der Waals surface area (Å²) in [7, 11) is 0. The van der Waals surface area contributed by atoms with E-state index >= 15 is 0 Å². The molecule has 8 aromatic carbocycles. The first kappa shape index (κ1) is 28.0. The maximum absolute atomic E-state index is 2.48. The maximum atomic E-state index is 2.48. The molecule has 0 aliphatic heterocycles. The van der Waals surface area contributed by atoms with E-state index in [9.17, 15) is 0 Å². The Hall–Kier alpha value is -5.94. The Balaban J connectivity index is 1.21. The van der Waals surface area contributed by atoms with Gasteiger partial charge in [0.2, 0.25) is 0 Å². The average molecular weight is 673 g/mol. The SMILES string of the molecule is c1ccc(-n2c3ccccc3c3c(N(c4ccc5c(c4)sc4cc6ccccc6cc45)c4ccc5sc6ccccc6c5c4)cccc32)cc1. The molecule has 0 aliphatic carbocycles. The summed E-state index contributed by atoms with van der Waals surface area (Å²) in [5.41, 5.74) is 7.02. The number of hydrogen-bond acceptors (Lipinski definition) is 3. The van der Waals surface area contributed by atoms with Crippen LogP contribution >= 0.6 is 22.7 Å². The molecule has 4 heteroatoms. The van der Waals surface area contributed by atoms with Gasteiger partial charge in [0, 0.05) is 68.2 Å². The zero-order valence-corrected chi connectivity index (χ0v) is 28.5. The molecule has 3 aromatic heterocycles. The van der Waals surface area contributed by atoms with Crippen molar-refractivity contribution >= 4 is 113 Å². The number of benzene rings is 8. The fourth-order valence-electron chi connectivity index (χ4n) is 7.91. The van der Waals surface area contributed by atoms with Gasteiger partial charge in [0.1, 0.15) is 0 Å². The molecular formula is C46H28N2S2. The quantitative estimate of drug-likeness (QED) is 0.181. The van der Waals surface area contributed by atoms with E-state index in [1.54, 1.807) is 0 Å². The Labute approximate surface area is 296 Å². The van der Waals surface area contributed by atoms with Gasteiger partial charge in [0.25, 0.3) is 0 Å². The van der Waals surface area contributed by atoms with Crippen molar-refractivity contribution in [3.05, 3.63) is 170 Å². The number of anilines is 3. The van der Waals surface area contributed by atoms with Crippen molar-refractivity contribution in [2.75, 3.05) is 4.90 Å². The summed E-state index contributed by atoms with van der Waals surface area (Å²) >= 11 is 3.75. The third-order valence-electron chi connectivity index (χ3n) is 10.1. The van der Waals surface area contributed by atoms with Gasteiger partial charge in [0.15, 0.2) is 0 Å². The van der Waals surface area contributed by atoms with Crippen LogP contribution in [0.1, 0.15) is 0 Å². The van der Waals surface area contributed by atoms with Crippen molar-refractivity contribution in [2.24, 2.45) is 0 Å². The van der Waals surface area contributed by atoms with Crippen molar-refractivity contribution in [2.45, 2.75) is 0 Å². The van der Waals surface area contributed by atoms with Gasteiger partial charge in [-0.1, -0.05) is 91.0 Å². The summed E-state index contributed by atoms with van der Waals surface area (Å²) in [6.45, 7) is 0. The Kier molecular flexibility index (Phi) is 6.03. The Bertz CT molecular complexity index is 3110. The molecule has 0 radical (unpaired) electrons. The molecule has 2 nitrogen and oxygen atoms in total. The van der Waals surface area contributed by atoms with Crippen molar-refractivity contribution in [3.8, 4) is 5.69 Å². The third-order valence-corrected chi connectivity index (χ3v) is 12.4. The summed E-state index contributed by atoms with van der Waals surface area (Å²) in [4.78, 5) is 2.48. The second-order valence-corrected chi connectivity index (χ2v) is 15.1. The molecule has 0 saturated heterocycles.